The molecule has 4 fully saturated rings. The van der Waals surface area contributed by atoms with Crippen LogP contribution in [0.2, 0.25) is 0 Å². The molecule has 0 radical (unpaired) electrons. The molecule has 4 aliphatic carbocycles. The predicted octanol–water partition coefficient (Wildman–Crippen LogP) is 2.47. The highest BCUT2D eigenvalue weighted by molar-refractivity contribution is 5.98. The quantitative estimate of drug-likeness (QED) is 0.414. The molecule has 192 valence electrons. The second-order valence-electron chi connectivity index (χ2n) is 12.7. The van der Waals surface area contributed by atoms with Gasteiger partial charge in [0.1, 0.15) is 17.8 Å². The van der Waals surface area contributed by atoms with Crippen molar-refractivity contribution in [2.45, 2.75) is 95.7 Å². The molecule has 1 saturated heterocycles. The monoisotopic (exact) mass is 486 g/mol. The number of cyclic esters (lactones) is 1. The van der Waals surface area contributed by atoms with Gasteiger partial charge in [-0.05, 0) is 81.3 Å². The number of hydrogen-bond acceptors (Lipinski definition) is 7. The zero-order valence-corrected chi connectivity index (χ0v) is 21.1. The molecule has 0 amide bonds. The van der Waals surface area contributed by atoms with Gasteiger partial charge in [0.25, 0.3) is 0 Å². The van der Waals surface area contributed by atoms with Crippen molar-refractivity contribution < 1.29 is 34.4 Å². The third-order valence-electron chi connectivity index (χ3n) is 11.8. The van der Waals surface area contributed by atoms with Gasteiger partial charge in [-0.1, -0.05) is 19.4 Å². The van der Waals surface area contributed by atoms with Crippen LogP contribution in [-0.4, -0.2) is 63.2 Å². The normalized spacial score (nSPS) is 53.3. The molecule has 0 aromatic rings. The maximum absolute atomic E-state index is 13.3. The zero-order chi connectivity index (χ0) is 25.1. The van der Waals surface area contributed by atoms with E-state index < -0.39 is 34.8 Å². The molecule has 4 unspecified atom stereocenters. The maximum atomic E-state index is 13.3. The summed E-state index contributed by atoms with van der Waals surface area (Å²) in [7, 11) is 0. The van der Waals surface area contributed by atoms with Crippen LogP contribution in [0.3, 0.4) is 0 Å². The van der Waals surface area contributed by atoms with Crippen LogP contribution in [0.1, 0.15) is 66.2 Å². The molecule has 1 spiro atoms. The van der Waals surface area contributed by atoms with E-state index >= 15 is 0 Å². The minimum absolute atomic E-state index is 0.0568. The van der Waals surface area contributed by atoms with Crippen molar-refractivity contribution in [3.8, 4) is 0 Å². The summed E-state index contributed by atoms with van der Waals surface area (Å²) >= 11 is 0. The first-order valence-corrected chi connectivity index (χ1v) is 13.3. The predicted molar refractivity (Wildman–Crippen MR) is 126 cm³/mol. The van der Waals surface area contributed by atoms with Gasteiger partial charge >= 0.3 is 5.97 Å². The van der Waals surface area contributed by atoms with E-state index in [1.807, 2.05) is 20.8 Å². The highest BCUT2D eigenvalue weighted by Crippen LogP contribution is 2.73. The Morgan fingerprint density at radius 1 is 1.17 bits per heavy atom. The molecular formula is C28H38O7. The summed E-state index contributed by atoms with van der Waals surface area (Å²) in [4.78, 5) is 25.8. The number of aliphatic hydroxyl groups is 3. The second kappa shape index (κ2) is 7.27. The van der Waals surface area contributed by atoms with E-state index in [2.05, 4.69) is 6.92 Å². The van der Waals surface area contributed by atoms with Crippen molar-refractivity contribution in [1.29, 1.82) is 0 Å². The van der Waals surface area contributed by atoms with Crippen molar-refractivity contribution >= 4 is 11.8 Å². The maximum Gasteiger partial charge on any atom is 0.336 e. The van der Waals surface area contributed by atoms with Crippen molar-refractivity contribution in [1.82, 2.24) is 0 Å². The lowest BCUT2D eigenvalue weighted by atomic mass is 9.44. The summed E-state index contributed by atoms with van der Waals surface area (Å²) < 4.78 is 11.9. The number of carbonyl (C=O) groups is 2. The molecule has 6 rings (SSSR count). The summed E-state index contributed by atoms with van der Waals surface area (Å²) in [5, 5.41) is 32.7. The highest BCUT2D eigenvalue weighted by Gasteiger charge is 2.81. The molecule has 3 N–H and O–H groups in total. The van der Waals surface area contributed by atoms with Crippen LogP contribution in [0.5, 0.6) is 0 Å². The molecule has 2 aliphatic heterocycles. The molecule has 7 heteroatoms. The van der Waals surface area contributed by atoms with Crippen molar-refractivity contribution in [3.05, 3.63) is 23.3 Å². The lowest BCUT2D eigenvalue weighted by molar-refractivity contribution is -0.188. The Hall–Kier alpha value is -1.54. The van der Waals surface area contributed by atoms with E-state index in [-0.39, 0.29) is 47.6 Å². The van der Waals surface area contributed by atoms with Crippen LogP contribution in [0.4, 0.5) is 0 Å². The molecule has 3 saturated carbocycles. The fourth-order valence-corrected chi connectivity index (χ4v) is 9.62. The summed E-state index contributed by atoms with van der Waals surface area (Å²) in [6.45, 7) is 7.72. The Kier molecular flexibility index (Phi) is 4.95. The minimum Gasteiger partial charge on any atom is -0.458 e. The van der Waals surface area contributed by atoms with Gasteiger partial charge < -0.3 is 24.8 Å². The van der Waals surface area contributed by atoms with E-state index in [1.165, 1.54) is 0 Å². The number of hydrogen-bond donors (Lipinski definition) is 3. The fourth-order valence-electron chi connectivity index (χ4n) is 9.62. The van der Waals surface area contributed by atoms with Gasteiger partial charge in [0.15, 0.2) is 5.78 Å². The zero-order valence-electron chi connectivity index (χ0n) is 21.1. The first kappa shape index (κ1) is 23.8. The first-order valence-electron chi connectivity index (χ1n) is 13.3. The number of rotatable bonds is 3. The molecule has 6 aliphatic rings. The molecule has 0 aromatic carbocycles. The van der Waals surface area contributed by atoms with Crippen LogP contribution in [0.25, 0.3) is 0 Å². The summed E-state index contributed by atoms with van der Waals surface area (Å²) in [5.41, 5.74) is -1.75. The Bertz CT molecular complexity index is 1050. The Morgan fingerprint density at radius 2 is 1.89 bits per heavy atom. The summed E-state index contributed by atoms with van der Waals surface area (Å²) in [5.74, 6) is -0.114. The van der Waals surface area contributed by atoms with Crippen LogP contribution >= 0.6 is 0 Å². The molecule has 7 nitrogen and oxygen atoms in total. The van der Waals surface area contributed by atoms with E-state index in [1.54, 1.807) is 12.2 Å². The number of aliphatic hydroxyl groups excluding tert-OH is 2. The summed E-state index contributed by atoms with van der Waals surface area (Å²) in [6.07, 6.45) is 6.22. The van der Waals surface area contributed by atoms with Gasteiger partial charge in [-0.3, -0.25) is 4.79 Å². The lowest BCUT2D eigenvalue weighted by Gasteiger charge is -2.59. The number of fused-ring (bicyclic) bond motifs is 4. The minimum atomic E-state index is -1.000. The average molecular weight is 487 g/mol. The number of ether oxygens (including phenoxy) is 2. The first-order chi connectivity index (χ1) is 16.5. The van der Waals surface area contributed by atoms with Gasteiger partial charge in [-0.2, -0.15) is 0 Å². The van der Waals surface area contributed by atoms with Crippen LogP contribution in [-0.2, 0) is 19.1 Å². The van der Waals surface area contributed by atoms with Crippen LogP contribution in [0.15, 0.2) is 23.3 Å². The Labute approximate surface area is 206 Å². The number of ketones is 1. The summed E-state index contributed by atoms with van der Waals surface area (Å²) in [6, 6.07) is 0. The standard InChI is InChI=1S/C28H38O7/c1-14-11-20(34-24(32)17(14)13-29)15(2)27(33)10-8-18-16-12-23-28(35-23)22(31)6-5-21(30)26(28,4)19(16)7-9-25(18,27)3/h5-6,15-16,18-20,22-23,29,31,33H,7-13H2,1-4H3/t15-,16?,18?,19?,20?,22-,23+,25-,26-,27-,28+/m0/s1. The topological polar surface area (TPSA) is 117 Å². The number of epoxide rings is 1. The van der Waals surface area contributed by atoms with Gasteiger partial charge in [0, 0.05) is 12.3 Å². The van der Waals surface area contributed by atoms with Crippen LogP contribution < -0.4 is 0 Å². The molecule has 35 heavy (non-hydrogen) atoms. The lowest BCUT2D eigenvalue weighted by Crippen LogP contribution is -2.65. The molecule has 0 aromatic heterocycles. The third-order valence-corrected chi connectivity index (χ3v) is 11.8. The van der Waals surface area contributed by atoms with Crippen molar-refractivity contribution in [2.75, 3.05) is 6.61 Å². The van der Waals surface area contributed by atoms with E-state index in [0.29, 0.717) is 18.4 Å². The van der Waals surface area contributed by atoms with Crippen molar-refractivity contribution in [3.63, 3.8) is 0 Å². The number of carbonyl (C=O) groups excluding carboxylic acids is 2. The SMILES string of the molecule is CC1=C(CO)C(=O)OC([C@H](C)[C@@]2(O)CCC3C4C[C@H]5O[C@]56[C@@H](O)C=CC(=O)[C@]6(C)C4CC[C@@]32C)C1. The van der Waals surface area contributed by atoms with Gasteiger partial charge in [-0.25, -0.2) is 4.79 Å². The van der Waals surface area contributed by atoms with Gasteiger partial charge in [0.2, 0.25) is 0 Å². The molecule has 11 atom stereocenters. The number of allylic oxidation sites excluding steroid dienone is 1. The van der Waals surface area contributed by atoms with E-state index in [9.17, 15) is 24.9 Å². The third kappa shape index (κ3) is 2.66. The molecular weight excluding hydrogens is 448 g/mol. The Balaban J connectivity index is 1.31. The highest BCUT2D eigenvalue weighted by atomic mass is 16.6. The number of esters is 1. The molecule has 2 heterocycles. The van der Waals surface area contributed by atoms with E-state index in [0.717, 1.165) is 31.3 Å². The van der Waals surface area contributed by atoms with Gasteiger partial charge in [-0.15, -0.1) is 0 Å². The fraction of sp³-hybridized carbons (Fsp3) is 0.786. The van der Waals surface area contributed by atoms with E-state index in [4.69, 9.17) is 9.47 Å². The average Bonchev–Trinajstić information content (AvgIpc) is 3.49. The largest absolute Gasteiger partial charge is 0.458 e. The smallest absolute Gasteiger partial charge is 0.336 e. The molecule has 0 bridgehead atoms. The second-order valence-corrected chi connectivity index (χ2v) is 12.7. The van der Waals surface area contributed by atoms with Gasteiger partial charge in [0.05, 0.1) is 29.3 Å². The Morgan fingerprint density at radius 3 is 2.57 bits per heavy atom. The van der Waals surface area contributed by atoms with Crippen molar-refractivity contribution in [2.24, 2.45) is 34.5 Å². The van der Waals surface area contributed by atoms with Crippen LogP contribution in [0, 0.1) is 34.5 Å².